The number of aryl methyl sites for hydroxylation is 2. The van der Waals surface area contributed by atoms with Crippen LogP contribution in [0.1, 0.15) is 42.8 Å². The van der Waals surface area contributed by atoms with Gasteiger partial charge < -0.3 is 24.3 Å². The highest BCUT2D eigenvalue weighted by Crippen LogP contribution is 2.31. The lowest BCUT2D eigenvalue weighted by Gasteiger charge is -2.34. The van der Waals surface area contributed by atoms with Crippen molar-refractivity contribution in [1.29, 1.82) is 0 Å². The third kappa shape index (κ3) is 4.92. The zero-order chi connectivity index (χ0) is 25.2. The molecule has 5 rings (SSSR count). The number of aromatic nitrogens is 5. The Bertz CT molecular complexity index is 1340. The molecule has 1 N–H and O–H groups in total. The van der Waals surface area contributed by atoms with Crippen molar-refractivity contribution in [3.8, 4) is 11.4 Å². The van der Waals surface area contributed by atoms with Crippen molar-refractivity contribution in [2.45, 2.75) is 39.8 Å². The number of hydrogen-bond donors (Lipinski definition) is 1. The van der Waals surface area contributed by atoms with E-state index in [0.29, 0.717) is 12.6 Å². The van der Waals surface area contributed by atoms with E-state index in [1.807, 2.05) is 40.6 Å². The predicted molar refractivity (Wildman–Crippen MR) is 141 cm³/mol. The average molecular weight is 488 g/mol. The first kappa shape index (κ1) is 23.9. The minimum absolute atomic E-state index is 0.00371. The van der Waals surface area contributed by atoms with Crippen molar-refractivity contribution in [3.05, 3.63) is 71.8 Å². The molecule has 36 heavy (non-hydrogen) atoms. The zero-order valence-corrected chi connectivity index (χ0v) is 21.5. The molecule has 0 saturated carbocycles. The van der Waals surface area contributed by atoms with Crippen molar-refractivity contribution >= 4 is 17.6 Å². The number of morpholine rings is 1. The maximum atomic E-state index is 6.11. The summed E-state index contributed by atoms with van der Waals surface area (Å²) in [5.41, 5.74) is 5.13. The molecule has 1 aliphatic heterocycles. The molecule has 0 bridgehead atoms. The van der Waals surface area contributed by atoms with Gasteiger partial charge in [0, 0.05) is 24.5 Å². The first-order chi connectivity index (χ1) is 17.4. The molecule has 188 valence electrons. The maximum absolute atomic E-state index is 6.11. The highest BCUT2D eigenvalue weighted by Gasteiger charge is 2.27. The van der Waals surface area contributed by atoms with Gasteiger partial charge in [-0.2, -0.15) is 4.98 Å². The van der Waals surface area contributed by atoms with Crippen molar-refractivity contribution in [3.63, 3.8) is 0 Å². The first-order valence-corrected chi connectivity index (χ1v) is 12.3. The van der Waals surface area contributed by atoms with E-state index in [-0.39, 0.29) is 12.1 Å². The van der Waals surface area contributed by atoms with Crippen molar-refractivity contribution in [1.82, 2.24) is 24.3 Å². The molecule has 0 aliphatic carbocycles. The number of nitrogens with one attached hydrogen (secondary N) is 1. The molecule has 1 fully saturated rings. The van der Waals surface area contributed by atoms with Crippen LogP contribution in [0.3, 0.4) is 0 Å². The Morgan fingerprint density at radius 3 is 2.72 bits per heavy atom. The van der Waals surface area contributed by atoms with Gasteiger partial charge in [0.15, 0.2) is 0 Å². The SMILES string of the molecule is COc1cc(Nc2nc(N3CCOC(c4cccc(C)c4)C3)n(C(C)C)n2)ccc1-n1cnc(C)c1. The number of hydrogen-bond acceptors (Lipinski definition) is 7. The third-order valence-corrected chi connectivity index (χ3v) is 6.29. The molecule has 9 heteroatoms. The topological polar surface area (TPSA) is 82.3 Å². The van der Waals surface area contributed by atoms with Crippen molar-refractivity contribution in [2.24, 2.45) is 0 Å². The molecule has 0 spiro atoms. The van der Waals surface area contributed by atoms with E-state index in [1.54, 1.807) is 13.4 Å². The van der Waals surface area contributed by atoms with Crippen LogP contribution in [0, 0.1) is 13.8 Å². The highest BCUT2D eigenvalue weighted by atomic mass is 16.5. The minimum Gasteiger partial charge on any atom is -0.494 e. The molecule has 1 atom stereocenters. The van der Waals surface area contributed by atoms with E-state index in [9.17, 15) is 0 Å². The smallest absolute Gasteiger partial charge is 0.248 e. The number of imidazole rings is 1. The molecular formula is C27H33N7O2. The van der Waals surface area contributed by atoms with Crippen LogP contribution in [0.15, 0.2) is 55.0 Å². The highest BCUT2D eigenvalue weighted by molar-refractivity contribution is 5.62. The van der Waals surface area contributed by atoms with Crippen LogP contribution in [0.25, 0.3) is 5.69 Å². The van der Waals surface area contributed by atoms with Crippen LogP contribution >= 0.6 is 0 Å². The summed E-state index contributed by atoms with van der Waals surface area (Å²) in [5.74, 6) is 2.12. The molecule has 0 radical (unpaired) electrons. The molecule has 1 saturated heterocycles. The molecule has 2 aromatic carbocycles. The third-order valence-electron chi connectivity index (χ3n) is 6.29. The first-order valence-electron chi connectivity index (χ1n) is 12.3. The second-order valence-electron chi connectivity index (χ2n) is 9.43. The van der Waals surface area contributed by atoms with E-state index in [4.69, 9.17) is 19.6 Å². The van der Waals surface area contributed by atoms with Gasteiger partial charge in [-0.05, 0) is 45.4 Å². The Labute approximate surface area is 211 Å². The van der Waals surface area contributed by atoms with Crippen LogP contribution in [-0.4, -0.2) is 51.1 Å². The van der Waals surface area contributed by atoms with Crippen LogP contribution < -0.4 is 15.0 Å². The molecule has 2 aromatic heterocycles. The quantitative estimate of drug-likeness (QED) is 0.393. The number of nitrogens with zero attached hydrogens (tertiary/aromatic N) is 6. The average Bonchev–Trinajstić information content (AvgIpc) is 3.50. The summed E-state index contributed by atoms with van der Waals surface area (Å²) < 4.78 is 15.7. The normalized spacial score (nSPS) is 15.9. The van der Waals surface area contributed by atoms with Crippen LogP contribution in [-0.2, 0) is 4.74 Å². The number of anilines is 3. The van der Waals surface area contributed by atoms with Crippen molar-refractivity contribution < 1.29 is 9.47 Å². The predicted octanol–water partition coefficient (Wildman–Crippen LogP) is 4.99. The monoisotopic (exact) mass is 487 g/mol. The molecule has 4 aromatic rings. The number of ether oxygens (including phenoxy) is 2. The lowest BCUT2D eigenvalue weighted by molar-refractivity contribution is 0.0388. The summed E-state index contributed by atoms with van der Waals surface area (Å²) in [4.78, 5) is 11.5. The zero-order valence-electron chi connectivity index (χ0n) is 21.5. The van der Waals surface area contributed by atoms with Gasteiger partial charge >= 0.3 is 0 Å². The second-order valence-corrected chi connectivity index (χ2v) is 9.43. The molecule has 0 amide bonds. The van der Waals surface area contributed by atoms with Gasteiger partial charge in [-0.25, -0.2) is 9.67 Å². The Morgan fingerprint density at radius 1 is 1.14 bits per heavy atom. The Morgan fingerprint density at radius 2 is 2.00 bits per heavy atom. The van der Waals surface area contributed by atoms with Gasteiger partial charge in [-0.1, -0.05) is 29.8 Å². The summed E-state index contributed by atoms with van der Waals surface area (Å²) in [5, 5.41) is 8.15. The lowest BCUT2D eigenvalue weighted by atomic mass is 10.1. The largest absolute Gasteiger partial charge is 0.494 e. The Hall–Kier alpha value is -3.85. The molecule has 9 nitrogen and oxygen atoms in total. The maximum Gasteiger partial charge on any atom is 0.248 e. The summed E-state index contributed by atoms with van der Waals surface area (Å²) in [6.45, 7) is 10.4. The van der Waals surface area contributed by atoms with Crippen LogP contribution in [0.2, 0.25) is 0 Å². The minimum atomic E-state index is -0.00371. The van der Waals surface area contributed by atoms with E-state index in [0.717, 1.165) is 41.9 Å². The van der Waals surface area contributed by atoms with E-state index in [1.165, 1.54) is 11.1 Å². The van der Waals surface area contributed by atoms with Crippen molar-refractivity contribution in [2.75, 3.05) is 37.0 Å². The van der Waals surface area contributed by atoms with Gasteiger partial charge in [-0.15, -0.1) is 5.10 Å². The van der Waals surface area contributed by atoms with E-state index >= 15 is 0 Å². The summed E-state index contributed by atoms with van der Waals surface area (Å²) >= 11 is 0. The summed E-state index contributed by atoms with van der Waals surface area (Å²) in [7, 11) is 1.67. The molecule has 3 heterocycles. The fraction of sp³-hybridized carbons (Fsp3) is 0.370. The van der Waals surface area contributed by atoms with Crippen LogP contribution in [0.4, 0.5) is 17.6 Å². The van der Waals surface area contributed by atoms with Gasteiger partial charge in [0.25, 0.3) is 0 Å². The Kier molecular flexibility index (Phi) is 6.65. The summed E-state index contributed by atoms with van der Waals surface area (Å²) in [6.07, 6.45) is 3.75. The molecule has 1 aliphatic rings. The Balaban J connectivity index is 1.39. The van der Waals surface area contributed by atoms with Gasteiger partial charge in [0.1, 0.15) is 11.9 Å². The summed E-state index contributed by atoms with van der Waals surface area (Å²) in [6, 6.07) is 14.6. The number of rotatable bonds is 7. The van der Waals surface area contributed by atoms with E-state index in [2.05, 4.69) is 60.2 Å². The fourth-order valence-electron chi connectivity index (χ4n) is 4.48. The van der Waals surface area contributed by atoms with Gasteiger partial charge in [0.2, 0.25) is 11.9 Å². The molecule has 1 unspecified atom stereocenters. The van der Waals surface area contributed by atoms with Gasteiger partial charge in [-0.3, -0.25) is 0 Å². The van der Waals surface area contributed by atoms with E-state index < -0.39 is 0 Å². The molecular weight excluding hydrogens is 454 g/mol. The van der Waals surface area contributed by atoms with Gasteiger partial charge in [0.05, 0.1) is 44.0 Å². The lowest BCUT2D eigenvalue weighted by Crippen LogP contribution is -2.40. The number of benzene rings is 2. The number of methoxy groups -OCH3 is 1. The van der Waals surface area contributed by atoms with Crippen LogP contribution in [0.5, 0.6) is 5.75 Å². The standard InChI is InChI=1S/C27H33N7O2/c1-18(2)34-27(32-11-12-36-25(16-32)21-8-6-7-19(3)13-21)30-26(31-34)29-22-9-10-23(24(14-22)35-5)33-15-20(4)28-17-33/h6-10,13-15,17-18,25H,11-12,16H2,1-5H3,(H,29,31). The second kappa shape index (κ2) is 10.0. The fourth-order valence-corrected chi connectivity index (χ4v) is 4.48.